The predicted octanol–water partition coefficient (Wildman–Crippen LogP) is 2.46. The monoisotopic (exact) mass is 302 g/mol. The maximum absolute atomic E-state index is 12.6. The van der Waals surface area contributed by atoms with Crippen molar-refractivity contribution in [1.29, 1.82) is 0 Å². The van der Waals surface area contributed by atoms with Crippen LogP contribution in [0, 0.1) is 0 Å². The van der Waals surface area contributed by atoms with Gasteiger partial charge in [0.15, 0.2) is 0 Å². The predicted molar refractivity (Wildman–Crippen MR) is 84.3 cm³/mol. The Morgan fingerprint density at radius 1 is 1.41 bits per heavy atom. The lowest BCUT2D eigenvalue weighted by molar-refractivity contribution is -0.143. The molecule has 1 unspecified atom stereocenters. The van der Waals surface area contributed by atoms with E-state index in [-0.39, 0.29) is 24.2 Å². The van der Waals surface area contributed by atoms with Crippen molar-refractivity contribution in [2.24, 2.45) is 5.73 Å². The second-order valence-corrected chi connectivity index (χ2v) is 5.87. The molecule has 118 valence electrons. The normalized spacial score (nSPS) is 22.9. The minimum absolute atomic E-state index is 0.00357. The zero-order valence-electron chi connectivity index (χ0n) is 13.0. The molecule has 5 nitrogen and oxygen atoms in total. The highest BCUT2D eigenvalue weighted by Gasteiger charge is 2.34. The molecule has 3 rings (SSSR count). The number of nitrogens with two attached hydrogens (primary N) is 1. The molecule has 1 aliphatic heterocycles. The Labute approximate surface area is 130 Å². The smallest absolute Gasteiger partial charge is 0.252 e. The number of benzene rings is 1. The summed E-state index contributed by atoms with van der Waals surface area (Å²) in [4.78, 5) is 14.3. The maximum atomic E-state index is 12.6. The summed E-state index contributed by atoms with van der Waals surface area (Å²) in [6.45, 7) is 2.43. The van der Waals surface area contributed by atoms with Crippen molar-refractivity contribution in [3.8, 4) is 0 Å². The van der Waals surface area contributed by atoms with E-state index >= 15 is 0 Å². The van der Waals surface area contributed by atoms with Gasteiger partial charge in [-0.3, -0.25) is 4.79 Å². The molecule has 1 fully saturated rings. The Bertz CT molecular complexity index is 634. The number of ether oxygens (including phenoxy) is 1. The highest BCUT2D eigenvalue weighted by atomic mass is 16.5. The molecule has 0 bridgehead atoms. The zero-order valence-corrected chi connectivity index (χ0v) is 13.0. The van der Waals surface area contributed by atoms with E-state index in [0.29, 0.717) is 6.54 Å². The van der Waals surface area contributed by atoms with Crippen LogP contribution in [0.25, 0.3) is 11.0 Å². The van der Waals surface area contributed by atoms with E-state index in [4.69, 9.17) is 14.9 Å². The maximum Gasteiger partial charge on any atom is 0.252 e. The van der Waals surface area contributed by atoms with Gasteiger partial charge in [-0.1, -0.05) is 18.2 Å². The molecule has 2 N–H and O–H groups in total. The number of amides is 1. The van der Waals surface area contributed by atoms with Crippen LogP contribution in [0.1, 0.15) is 31.6 Å². The summed E-state index contributed by atoms with van der Waals surface area (Å²) >= 11 is 0. The molecule has 2 heterocycles. The molecular weight excluding hydrogens is 280 g/mol. The summed E-state index contributed by atoms with van der Waals surface area (Å²) in [7, 11) is 1.79. The van der Waals surface area contributed by atoms with Gasteiger partial charge in [-0.15, -0.1) is 0 Å². The molecule has 0 saturated carbocycles. The first-order valence-corrected chi connectivity index (χ1v) is 7.71. The summed E-state index contributed by atoms with van der Waals surface area (Å²) in [5.41, 5.74) is 6.44. The Morgan fingerprint density at radius 2 is 2.18 bits per heavy atom. The number of rotatable bonds is 4. The van der Waals surface area contributed by atoms with Gasteiger partial charge < -0.3 is 19.8 Å². The largest absolute Gasteiger partial charge is 0.459 e. The van der Waals surface area contributed by atoms with Crippen LogP contribution in [0.3, 0.4) is 0 Å². The number of furan rings is 1. The van der Waals surface area contributed by atoms with Gasteiger partial charge in [0.2, 0.25) is 0 Å². The lowest BCUT2D eigenvalue weighted by Gasteiger charge is -2.26. The number of nitrogens with zero attached hydrogens (tertiary/aromatic N) is 1. The van der Waals surface area contributed by atoms with E-state index in [9.17, 15) is 4.79 Å². The van der Waals surface area contributed by atoms with Crippen molar-refractivity contribution in [2.45, 2.75) is 38.0 Å². The molecule has 5 heteroatoms. The van der Waals surface area contributed by atoms with Crippen LogP contribution in [-0.4, -0.2) is 36.6 Å². The van der Waals surface area contributed by atoms with Gasteiger partial charge in [-0.25, -0.2) is 0 Å². The second kappa shape index (κ2) is 6.10. The number of likely N-dealkylation sites (N-methyl/N-ethyl adjacent to an activating group) is 1. The van der Waals surface area contributed by atoms with Gasteiger partial charge in [0, 0.05) is 19.0 Å². The van der Waals surface area contributed by atoms with Gasteiger partial charge >= 0.3 is 0 Å². The van der Waals surface area contributed by atoms with Crippen LogP contribution in [0.5, 0.6) is 0 Å². The van der Waals surface area contributed by atoms with Crippen molar-refractivity contribution in [3.63, 3.8) is 0 Å². The lowest BCUT2D eigenvalue weighted by atomic mass is 10.1. The third-order valence-corrected chi connectivity index (χ3v) is 4.43. The summed E-state index contributed by atoms with van der Waals surface area (Å²) in [5.74, 6) is 0.773. The minimum atomic E-state index is -0.384. The SMILES string of the molecule is CC(c1cc2ccccc2o1)N(C)C(=O)[C@@H]1CC[C@H](CN)O1. The van der Waals surface area contributed by atoms with Crippen LogP contribution < -0.4 is 5.73 Å². The molecule has 0 radical (unpaired) electrons. The lowest BCUT2D eigenvalue weighted by Crippen LogP contribution is -2.38. The van der Waals surface area contributed by atoms with Gasteiger partial charge in [-0.2, -0.15) is 0 Å². The van der Waals surface area contributed by atoms with E-state index in [2.05, 4.69) is 0 Å². The average molecular weight is 302 g/mol. The van der Waals surface area contributed by atoms with Crippen molar-refractivity contribution in [1.82, 2.24) is 4.90 Å². The standard InChI is InChI=1S/C17H22N2O3/c1-11(16-9-12-5-3-4-6-14(12)22-16)19(2)17(20)15-8-7-13(10-18)21-15/h3-6,9,11,13,15H,7-8,10,18H2,1-2H3/t11?,13-,15+/m1/s1. The molecule has 1 aromatic heterocycles. The van der Waals surface area contributed by atoms with E-state index in [1.807, 2.05) is 37.3 Å². The topological polar surface area (TPSA) is 68.7 Å². The van der Waals surface area contributed by atoms with Crippen LogP contribution in [0.15, 0.2) is 34.7 Å². The zero-order chi connectivity index (χ0) is 15.7. The van der Waals surface area contributed by atoms with Crippen molar-refractivity contribution in [3.05, 3.63) is 36.1 Å². The number of hydrogen-bond acceptors (Lipinski definition) is 4. The Morgan fingerprint density at radius 3 is 2.86 bits per heavy atom. The highest BCUT2D eigenvalue weighted by Crippen LogP contribution is 2.28. The fourth-order valence-electron chi connectivity index (χ4n) is 2.88. The van der Waals surface area contributed by atoms with Crippen LogP contribution >= 0.6 is 0 Å². The first-order chi connectivity index (χ1) is 10.6. The second-order valence-electron chi connectivity index (χ2n) is 5.87. The molecular formula is C17H22N2O3. The summed E-state index contributed by atoms with van der Waals surface area (Å²) in [6, 6.07) is 9.69. The number of para-hydroxylation sites is 1. The minimum Gasteiger partial charge on any atom is -0.459 e. The molecule has 22 heavy (non-hydrogen) atoms. The third kappa shape index (κ3) is 2.74. The highest BCUT2D eigenvalue weighted by molar-refractivity contribution is 5.82. The van der Waals surface area contributed by atoms with Crippen molar-refractivity contribution < 1.29 is 13.9 Å². The molecule has 1 aliphatic rings. The molecule has 0 aliphatic carbocycles. The van der Waals surface area contributed by atoms with Gasteiger partial charge in [0.1, 0.15) is 17.4 Å². The van der Waals surface area contributed by atoms with E-state index < -0.39 is 0 Å². The van der Waals surface area contributed by atoms with Crippen LogP contribution in [0.4, 0.5) is 0 Å². The molecule has 1 saturated heterocycles. The quantitative estimate of drug-likeness (QED) is 0.942. The fourth-order valence-corrected chi connectivity index (χ4v) is 2.88. The molecule has 1 aromatic carbocycles. The molecule has 0 spiro atoms. The van der Waals surface area contributed by atoms with Crippen LogP contribution in [0.2, 0.25) is 0 Å². The van der Waals surface area contributed by atoms with Gasteiger partial charge in [0.25, 0.3) is 5.91 Å². The first-order valence-electron chi connectivity index (χ1n) is 7.71. The third-order valence-electron chi connectivity index (χ3n) is 4.43. The molecule has 2 aromatic rings. The summed E-state index contributed by atoms with van der Waals surface area (Å²) in [5, 5.41) is 1.05. The van der Waals surface area contributed by atoms with Gasteiger partial charge in [-0.05, 0) is 31.9 Å². The van der Waals surface area contributed by atoms with E-state index in [0.717, 1.165) is 29.6 Å². The van der Waals surface area contributed by atoms with Crippen LogP contribution in [-0.2, 0) is 9.53 Å². The van der Waals surface area contributed by atoms with E-state index in [1.54, 1.807) is 11.9 Å². The average Bonchev–Trinajstić information content (AvgIpc) is 3.18. The fraction of sp³-hybridized carbons (Fsp3) is 0.471. The Balaban J connectivity index is 1.73. The number of carbonyl (C=O) groups is 1. The molecule has 3 atom stereocenters. The van der Waals surface area contributed by atoms with Crippen molar-refractivity contribution in [2.75, 3.05) is 13.6 Å². The van der Waals surface area contributed by atoms with Gasteiger partial charge in [0.05, 0.1) is 12.1 Å². The summed E-state index contributed by atoms with van der Waals surface area (Å²) in [6.07, 6.45) is 1.20. The number of hydrogen-bond donors (Lipinski definition) is 1. The Kier molecular flexibility index (Phi) is 4.18. The Hall–Kier alpha value is -1.85. The van der Waals surface area contributed by atoms with Crippen molar-refractivity contribution >= 4 is 16.9 Å². The number of carbonyl (C=O) groups excluding carboxylic acids is 1. The van der Waals surface area contributed by atoms with E-state index in [1.165, 1.54) is 0 Å². The first kappa shape index (κ1) is 15.1. The number of fused-ring (bicyclic) bond motifs is 1. The molecule has 1 amide bonds. The summed E-state index contributed by atoms with van der Waals surface area (Å²) < 4.78 is 11.5.